The summed E-state index contributed by atoms with van der Waals surface area (Å²) >= 11 is 13.2. The van der Waals surface area contributed by atoms with Gasteiger partial charge in [-0.1, -0.05) is 51.8 Å². The molecule has 0 N–H and O–H groups in total. The zero-order valence-corrected chi connectivity index (χ0v) is 14.1. The van der Waals surface area contributed by atoms with E-state index in [0.29, 0.717) is 0 Å². The second-order valence-electron chi connectivity index (χ2n) is 4.38. The highest BCUT2D eigenvalue weighted by atomic mass is 79.9. The predicted molar refractivity (Wildman–Crippen MR) is 85.8 cm³/mol. The average molecular weight is 389 g/mol. The Morgan fingerprint density at radius 2 is 1.56 bits per heavy atom. The molecule has 0 nitrogen and oxygen atoms in total. The van der Waals surface area contributed by atoms with Crippen molar-refractivity contribution in [3.8, 4) is 0 Å². The monoisotopic (exact) mass is 386 g/mol. The molecule has 0 amide bonds. The lowest BCUT2D eigenvalue weighted by molar-refractivity contribution is 1.15. The minimum absolute atomic E-state index is 0.186. The lowest BCUT2D eigenvalue weighted by atomic mass is 10.0. The van der Waals surface area contributed by atoms with Gasteiger partial charge < -0.3 is 0 Å². The minimum Gasteiger partial charge on any atom is -0.0831 e. The van der Waals surface area contributed by atoms with Gasteiger partial charge in [0.2, 0.25) is 0 Å². The molecule has 0 aliphatic carbocycles. The molecule has 0 radical (unpaired) electrons. The van der Waals surface area contributed by atoms with Gasteiger partial charge in [0.15, 0.2) is 0 Å². The Balaban J connectivity index is 2.37. The second-order valence-corrected chi connectivity index (χ2v) is 6.56. The molecule has 0 bridgehead atoms. The number of rotatable bonds is 2. The molecule has 1 atom stereocenters. The van der Waals surface area contributed by atoms with E-state index in [9.17, 15) is 0 Å². The fourth-order valence-corrected chi connectivity index (χ4v) is 2.87. The number of hydrogen-bond acceptors (Lipinski definition) is 0. The summed E-state index contributed by atoms with van der Waals surface area (Å²) in [6, 6.07) is 12.5. The highest BCUT2D eigenvalue weighted by Gasteiger charge is 2.12. The molecule has 0 spiro atoms. The van der Waals surface area contributed by atoms with Crippen molar-refractivity contribution in [1.82, 2.24) is 0 Å². The van der Waals surface area contributed by atoms with Crippen LogP contribution in [-0.4, -0.2) is 0 Å². The van der Waals surface area contributed by atoms with Crippen LogP contribution in [0.3, 0.4) is 0 Å². The molecule has 0 heterocycles. The Kier molecular flexibility index (Phi) is 4.52. The maximum absolute atomic E-state index is 6.02. The van der Waals surface area contributed by atoms with Crippen molar-refractivity contribution in [2.75, 3.05) is 0 Å². The van der Waals surface area contributed by atoms with Crippen molar-refractivity contribution in [3.63, 3.8) is 0 Å². The van der Waals surface area contributed by atoms with E-state index in [1.807, 2.05) is 12.1 Å². The Labute approximate surface area is 130 Å². The molecule has 1 unspecified atom stereocenters. The van der Waals surface area contributed by atoms with Gasteiger partial charge in [0.1, 0.15) is 0 Å². The largest absolute Gasteiger partial charge is 0.0831 e. The highest BCUT2D eigenvalue weighted by molar-refractivity contribution is 9.10. The number of alkyl halides is 1. The zero-order chi connectivity index (χ0) is 13.3. The maximum Gasteiger partial charge on any atom is 0.0645 e. The van der Waals surface area contributed by atoms with Gasteiger partial charge in [-0.3, -0.25) is 0 Å². The number of hydrogen-bond donors (Lipinski definition) is 0. The third-order valence-corrected chi connectivity index (χ3v) is 5.33. The van der Waals surface area contributed by atoms with Crippen LogP contribution >= 0.6 is 43.5 Å². The first-order chi connectivity index (χ1) is 8.49. The van der Waals surface area contributed by atoms with E-state index in [1.54, 1.807) is 0 Å². The lowest BCUT2D eigenvalue weighted by Gasteiger charge is -2.13. The molecule has 0 aliphatic rings. The van der Waals surface area contributed by atoms with Crippen molar-refractivity contribution in [1.29, 1.82) is 0 Å². The minimum atomic E-state index is 0.186. The summed E-state index contributed by atoms with van der Waals surface area (Å²) in [7, 11) is 0. The van der Waals surface area contributed by atoms with Gasteiger partial charge >= 0.3 is 0 Å². The first-order valence-corrected chi connectivity index (χ1v) is 7.74. The molecule has 94 valence electrons. The highest BCUT2D eigenvalue weighted by Crippen LogP contribution is 2.34. The van der Waals surface area contributed by atoms with Crippen molar-refractivity contribution < 1.29 is 0 Å². The number of halogens is 3. The molecule has 2 rings (SSSR count). The van der Waals surface area contributed by atoms with Crippen molar-refractivity contribution in [2.45, 2.75) is 18.7 Å². The van der Waals surface area contributed by atoms with E-state index >= 15 is 0 Å². The third kappa shape index (κ3) is 2.98. The molecule has 0 saturated heterocycles. The van der Waals surface area contributed by atoms with Crippen LogP contribution in [0, 0.1) is 13.8 Å². The molecule has 0 saturated carbocycles. The topological polar surface area (TPSA) is 0 Å². The van der Waals surface area contributed by atoms with E-state index < -0.39 is 0 Å². The van der Waals surface area contributed by atoms with Gasteiger partial charge in [-0.05, 0) is 64.2 Å². The normalized spacial score (nSPS) is 12.5. The quantitative estimate of drug-likeness (QED) is 0.537. The Morgan fingerprint density at radius 1 is 0.944 bits per heavy atom. The molecular weight excluding hydrogens is 375 g/mol. The molecule has 0 fully saturated rings. The number of aryl methyl sites for hydroxylation is 2. The van der Waals surface area contributed by atoms with E-state index in [1.165, 1.54) is 22.3 Å². The molecule has 18 heavy (non-hydrogen) atoms. The molecular formula is C15H13Br2Cl. The molecule has 2 aromatic rings. The Morgan fingerprint density at radius 3 is 2.17 bits per heavy atom. The fourth-order valence-electron chi connectivity index (χ4n) is 1.78. The molecule has 3 heteroatoms. The van der Waals surface area contributed by atoms with Gasteiger partial charge in [0.25, 0.3) is 0 Å². The summed E-state index contributed by atoms with van der Waals surface area (Å²) in [5.41, 5.74) is 5.07. The van der Waals surface area contributed by atoms with Gasteiger partial charge in [-0.25, -0.2) is 0 Å². The Hall–Kier alpha value is -0.310. The van der Waals surface area contributed by atoms with E-state index in [2.05, 4.69) is 70.0 Å². The summed E-state index contributed by atoms with van der Waals surface area (Å²) in [5, 5.41) is 0.735. The van der Waals surface area contributed by atoms with E-state index in [-0.39, 0.29) is 4.83 Å². The summed E-state index contributed by atoms with van der Waals surface area (Å²) < 4.78 is 0.926. The van der Waals surface area contributed by atoms with Crippen LogP contribution in [0.15, 0.2) is 40.9 Å². The average Bonchev–Trinajstić information content (AvgIpc) is 2.35. The van der Waals surface area contributed by atoms with Gasteiger partial charge in [-0.15, -0.1) is 0 Å². The Bertz CT molecular complexity index is 527. The second kappa shape index (κ2) is 5.77. The van der Waals surface area contributed by atoms with E-state index in [0.717, 1.165) is 9.50 Å². The molecule has 2 aromatic carbocycles. The van der Waals surface area contributed by atoms with Crippen molar-refractivity contribution in [2.24, 2.45) is 0 Å². The van der Waals surface area contributed by atoms with Crippen molar-refractivity contribution >= 4 is 43.5 Å². The summed E-state index contributed by atoms with van der Waals surface area (Å²) in [5.74, 6) is 0. The lowest BCUT2D eigenvalue weighted by Crippen LogP contribution is -1.94. The number of benzene rings is 2. The predicted octanol–water partition coefficient (Wildman–Crippen LogP) is 6.20. The van der Waals surface area contributed by atoms with Crippen LogP contribution in [0.2, 0.25) is 5.02 Å². The van der Waals surface area contributed by atoms with E-state index in [4.69, 9.17) is 11.6 Å². The maximum atomic E-state index is 6.02. The SMILES string of the molecule is Cc1ccc(C(Br)c2ccc(Cl)c(Br)c2)cc1C. The summed E-state index contributed by atoms with van der Waals surface area (Å²) in [4.78, 5) is 0.186. The standard InChI is InChI=1S/C15H13Br2Cl/c1-9-3-4-11(7-10(9)2)15(17)12-5-6-14(18)13(16)8-12/h3-8,15H,1-2H3. The summed E-state index contributed by atoms with van der Waals surface area (Å²) in [6.45, 7) is 4.26. The van der Waals surface area contributed by atoms with Crippen LogP contribution in [0.5, 0.6) is 0 Å². The van der Waals surface area contributed by atoms with Crippen LogP contribution in [0.1, 0.15) is 27.1 Å². The van der Waals surface area contributed by atoms with Crippen LogP contribution in [0.4, 0.5) is 0 Å². The smallest absolute Gasteiger partial charge is 0.0645 e. The molecule has 0 aromatic heterocycles. The fraction of sp³-hybridized carbons (Fsp3) is 0.200. The van der Waals surface area contributed by atoms with Gasteiger partial charge in [0, 0.05) is 4.47 Å². The first kappa shape index (κ1) is 14.1. The van der Waals surface area contributed by atoms with Gasteiger partial charge in [-0.2, -0.15) is 0 Å². The van der Waals surface area contributed by atoms with Gasteiger partial charge in [0.05, 0.1) is 9.85 Å². The van der Waals surface area contributed by atoms with Crippen LogP contribution < -0.4 is 0 Å². The van der Waals surface area contributed by atoms with Crippen LogP contribution in [0.25, 0.3) is 0 Å². The van der Waals surface area contributed by atoms with Crippen molar-refractivity contribution in [3.05, 3.63) is 68.1 Å². The zero-order valence-electron chi connectivity index (χ0n) is 10.2. The van der Waals surface area contributed by atoms with Crippen LogP contribution in [-0.2, 0) is 0 Å². The summed E-state index contributed by atoms with van der Waals surface area (Å²) in [6.07, 6.45) is 0. The molecule has 0 aliphatic heterocycles. The third-order valence-electron chi connectivity index (χ3n) is 3.06. The first-order valence-electron chi connectivity index (χ1n) is 5.65.